The minimum atomic E-state index is -0.363. The minimum Gasteiger partial charge on any atom is -0.507 e. The molecule has 0 bridgehead atoms. The Morgan fingerprint density at radius 3 is 3.04 bits per heavy atom. The van der Waals surface area contributed by atoms with Crippen molar-refractivity contribution in [3.8, 4) is 5.75 Å². The van der Waals surface area contributed by atoms with E-state index in [0.717, 1.165) is 5.52 Å². The molecule has 116 valence electrons. The van der Waals surface area contributed by atoms with Gasteiger partial charge in [0.25, 0.3) is 5.91 Å². The number of nitrogens with zero attached hydrogens (tertiary/aromatic N) is 4. The molecule has 0 saturated carbocycles. The molecule has 0 aliphatic rings. The van der Waals surface area contributed by atoms with Gasteiger partial charge in [-0.05, 0) is 30.3 Å². The molecule has 1 aromatic heterocycles. The summed E-state index contributed by atoms with van der Waals surface area (Å²) in [6.07, 6.45) is 1.32. The smallest absolute Gasteiger partial charge is 0.261 e. The van der Waals surface area contributed by atoms with Crippen molar-refractivity contribution in [3.63, 3.8) is 0 Å². The maximum Gasteiger partial charge on any atom is 0.261 e. The Morgan fingerprint density at radius 2 is 2.17 bits per heavy atom. The van der Waals surface area contributed by atoms with Gasteiger partial charge in [0.2, 0.25) is 0 Å². The lowest BCUT2D eigenvalue weighted by atomic mass is 10.2. The van der Waals surface area contributed by atoms with Gasteiger partial charge in [-0.3, -0.25) is 4.79 Å². The van der Waals surface area contributed by atoms with Crippen molar-refractivity contribution >= 4 is 34.8 Å². The summed E-state index contributed by atoms with van der Waals surface area (Å²) in [5.41, 5.74) is 4.25. The number of hydrogen-bond acceptors (Lipinski definition) is 5. The highest BCUT2D eigenvalue weighted by atomic mass is 35.5. The lowest BCUT2D eigenvalue weighted by Gasteiger charge is -2.02. The maximum absolute atomic E-state index is 11.9. The predicted molar refractivity (Wildman–Crippen MR) is 86.4 cm³/mol. The number of carbonyl (C=O) groups excluding carboxylic acids is 1. The van der Waals surface area contributed by atoms with Crippen molar-refractivity contribution in [2.75, 3.05) is 0 Å². The van der Waals surface area contributed by atoms with Crippen LogP contribution in [0, 0.1) is 0 Å². The summed E-state index contributed by atoms with van der Waals surface area (Å²) >= 11 is 5.83. The van der Waals surface area contributed by atoms with Crippen molar-refractivity contribution in [1.82, 2.24) is 20.4 Å². The standard InChI is InChI=1S/C15H12ClN5O2/c16-11-5-6-14(22)10(7-11)8-17-19-15(23)9-21-13-4-2-1-3-12(13)18-20-21/h1-8,22H,9H2,(H,19,23)/b17-8+. The first-order chi connectivity index (χ1) is 11.1. The Labute approximate surface area is 136 Å². The monoisotopic (exact) mass is 329 g/mol. The first-order valence-electron chi connectivity index (χ1n) is 6.72. The molecule has 3 aromatic rings. The molecule has 0 aliphatic heterocycles. The van der Waals surface area contributed by atoms with Gasteiger partial charge < -0.3 is 5.11 Å². The molecule has 0 fully saturated rings. The number of amides is 1. The Bertz CT molecular complexity index is 890. The van der Waals surface area contributed by atoms with E-state index in [4.69, 9.17) is 11.6 Å². The van der Waals surface area contributed by atoms with Crippen molar-refractivity contribution in [1.29, 1.82) is 0 Å². The summed E-state index contributed by atoms with van der Waals surface area (Å²) < 4.78 is 1.48. The largest absolute Gasteiger partial charge is 0.507 e. The van der Waals surface area contributed by atoms with E-state index < -0.39 is 0 Å². The number of fused-ring (bicyclic) bond motifs is 1. The Morgan fingerprint density at radius 1 is 1.35 bits per heavy atom. The molecule has 7 nitrogen and oxygen atoms in total. The van der Waals surface area contributed by atoms with Crippen LogP contribution >= 0.6 is 11.6 Å². The quantitative estimate of drug-likeness (QED) is 0.565. The minimum absolute atomic E-state index is 0.0145. The number of rotatable bonds is 4. The first-order valence-corrected chi connectivity index (χ1v) is 7.10. The predicted octanol–water partition coefficient (Wildman–Crippen LogP) is 1.94. The third kappa shape index (κ3) is 3.46. The van der Waals surface area contributed by atoms with E-state index in [1.165, 1.54) is 23.0 Å². The fourth-order valence-corrected chi connectivity index (χ4v) is 2.19. The van der Waals surface area contributed by atoms with E-state index in [1.54, 1.807) is 6.07 Å². The van der Waals surface area contributed by atoms with E-state index in [1.807, 2.05) is 24.3 Å². The molecule has 8 heteroatoms. The normalized spacial score (nSPS) is 11.2. The molecule has 0 unspecified atom stereocenters. The highest BCUT2D eigenvalue weighted by molar-refractivity contribution is 6.30. The molecule has 2 aromatic carbocycles. The van der Waals surface area contributed by atoms with E-state index in [9.17, 15) is 9.90 Å². The second-order valence-electron chi connectivity index (χ2n) is 4.73. The lowest BCUT2D eigenvalue weighted by molar-refractivity contribution is -0.121. The molecule has 1 heterocycles. The molecule has 0 spiro atoms. The number of carbonyl (C=O) groups is 1. The van der Waals surface area contributed by atoms with Crippen LogP contribution in [-0.2, 0) is 11.3 Å². The highest BCUT2D eigenvalue weighted by Gasteiger charge is 2.07. The lowest BCUT2D eigenvalue weighted by Crippen LogP contribution is -2.23. The average molecular weight is 330 g/mol. The Balaban J connectivity index is 1.66. The van der Waals surface area contributed by atoms with Crippen LogP contribution in [0.5, 0.6) is 5.75 Å². The topological polar surface area (TPSA) is 92.4 Å². The number of hydrazone groups is 1. The summed E-state index contributed by atoms with van der Waals surface area (Å²) in [4.78, 5) is 11.9. The zero-order chi connectivity index (χ0) is 16.2. The van der Waals surface area contributed by atoms with Gasteiger partial charge in [0.1, 0.15) is 17.8 Å². The summed E-state index contributed by atoms with van der Waals surface area (Å²) in [6.45, 7) is -0.0145. The van der Waals surface area contributed by atoms with Gasteiger partial charge in [-0.15, -0.1) is 5.10 Å². The number of para-hydroxylation sites is 1. The average Bonchev–Trinajstić information content (AvgIpc) is 2.94. The number of nitrogens with one attached hydrogen (secondary N) is 1. The Kier molecular flexibility index (Phi) is 4.20. The molecule has 3 rings (SSSR count). The van der Waals surface area contributed by atoms with Gasteiger partial charge >= 0.3 is 0 Å². The first kappa shape index (κ1) is 15.0. The second kappa shape index (κ2) is 6.45. The van der Waals surface area contributed by atoms with E-state index in [0.29, 0.717) is 16.1 Å². The van der Waals surface area contributed by atoms with E-state index >= 15 is 0 Å². The number of halogens is 1. The third-order valence-electron chi connectivity index (χ3n) is 3.10. The van der Waals surface area contributed by atoms with Crippen LogP contribution in [0.25, 0.3) is 11.0 Å². The van der Waals surface area contributed by atoms with E-state index in [2.05, 4.69) is 20.8 Å². The highest BCUT2D eigenvalue weighted by Crippen LogP contribution is 2.19. The number of phenols is 1. The van der Waals surface area contributed by atoms with Crippen LogP contribution in [0.2, 0.25) is 5.02 Å². The van der Waals surface area contributed by atoms with Crippen LogP contribution in [0.3, 0.4) is 0 Å². The summed E-state index contributed by atoms with van der Waals surface area (Å²) in [7, 11) is 0. The van der Waals surface area contributed by atoms with Crippen molar-refractivity contribution in [3.05, 3.63) is 53.1 Å². The van der Waals surface area contributed by atoms with Crippen molar-refractivity contribution in [2.45, 2.75) is 6.54 Å². The number of aromatic nitrogens is 3. The SMILES string of the molecule is O=C(Cn1nnc2ccccc21)N/N=C/c1cc(Cl)ccc1O. The second-order valence-corrected chi connectivity index (χ2v) is 5.17. The van der Waals surface area contributed by atoms with Gasteiger partial charge in [-0.2, -0.15) is 5.10 Å². The molecule has 23 heavy (non-hydrogen) atoms. The van der Waals surface area contributed by atoms with Crippen LogP contribution in [0.1, 0.15) is 5.56 Å². The van der Waals surface area contributed by atoms with Gasteiger partial charge in [-0.1, -0.05) is 28.9 Å². The van der Waals surface area contributed by atoms with Crippen LogP contribution in [-0.4, -0.2) is 32.2 Å². The van der Waals surface area contributed by atoms with Crippen molar-refractivity contribution in [2.24, 2.45) is 5.10 Å². The molecule has 1 amide bonds. The summed E-state index contributed by atoms with van der Waals surface area (Å²) in [5.74, 6) is -0.340. The number of hydrogen-bond donors (Lipinski definition) is 2. The van der Waals surface area contributed by atoms with Crippen LogP contribution in [0.15, 0.2) is 47.6 Å². The molecule has 0 radical (unpaired) electrons. The fourth-order valence-electron chi connectivity index (χ4n) is 2.01. The molecular weight excluding hydrogens is 318 g/mol. The van der Waals surface area contributed by atoms with Gasteiger partial charge in [-0.25, -0.2) is 10.1 Å². The fraction of sp³-hybridized carbons (Fsp3) is 0.0667. The summed E-state index contributed by atoms with van der Waals surface area (Å²) in [6, 6.07) is 11.9. The van der Waals surface area contributed by atoms with Crippen molar-refractivity contribution < 1.29 is 9.90 Å². The van der Waals surface area contributed by atoms with Gasteiger partial charge in [0.05, 0.1) is 11.7 Å². The zero-order valence-corrected chi connectivity index (χ0v) is 12.6. The molecule has 0 saturated heterocycles. The number of aromatic hydroxyl groups is 1. The van der Waals surface area contributed by atoms with Gasteiger partial charge in [0.15, 0.2) is 0 Å². The zero-order valence-electron chi connectivity index (χ0n) is 11.8. The Hall–Kier alpha value is -2.93. The van der Waals surface area contributed by atoms with Crippen LogP contribution < -0.4 is 5.43 Å². The maximum atomic E-state index is 11.9. The number of benzene rings is 2. The van der Waals surface area contributed by atoms with E-state index in [-0.39, 0.29) is 18.2 Å². The van der Waals surface area contributed by atoms with Gasteiger partial charge in [0, 0.05) is 10.6 Å². The molecular formula is C15H12ClN5O2. The molecule has 0 atom stereocenters. The molecule has 0 aliphatic carbocycles. The summed E-state index contributed by atoms with van der Waals surface area (Å²) in [5, 5.41) is 21.8. The van der Waals surface area contributed by atoms with Crippen LogP contribution in [0.4, 0.5) is 0 Å². The molecule has 2 N–H and O–H groups in total. The third-order valence-corrected chi connectivity index (χ3v) is 3.33. The number of phenolic OH excluding ortho intramolecular Hbond substituents is 1.